The molecule has 5 heteroatoms. The zero-order valence-corrected chi connectivity index (χ0v) is 10.5. The van der Waals surface area contributed by atoms with Crippen molar-refractivity contribution in [1.82, 2.24) is 9.36 Å². The van der Waals surface area contributed by atoms with Crippen molar-refractivity contribution in [3.05, 3.63) is 46.1 Å². The molecule has 96 valence electrons. The lowest BCUT2D eigenvalue weighted by Gasteiger charge is -2.12. The average molecular weight is 249 g/mol. The molecular weight excluding hydrogens is 233 g/mol. The average Bonchev–Trinajstić information content (AvgIpc) is 2.62. The largest absolute Gasteiger partial charge is 0.393 e. The minimum Gasteiger partial charge on any atom is -0.393 e. The van der Waals surface area contributed by atoms with E-state index in [1.54, 1.807) is 12.1 Å². The van der Waals surface area contributed by atoms with Gasteiger partial charge in [0.1, 0.15) is 11.5 Å². The Hall–Kier alpha value is -2.04. The number of hydrogen-bond donors (Lipinski definition) is 1. The van der Waals surface area contributed by atoms with Crippen LogP contribution in [0.15, 0.2) is 29.1 Å². The molecule has 2 N–H and O–H groups in total. The Kier molecular flexibility index (Phi) is 3.23. The van der Waals surface area contributed by atoms with Crippen LogP contribution in [0.4, 0.5) is 10.1 Å². The molecule has 0 spiro atoms. The Bertz CT molecular complexity index is 610. The van der Waals surface area contributed by atoms with Gasteiger partial charge in [0.15, 0.2) is 0 Å². The molecule has 1 heterocycles. The van der Waals surface area contributed by atoms with E-state index in [1.165, 1.54) is 16.8 Å². The number of benzene rings is 1. The number of nitrogens with two attached hydrogens (primary N) is 1. The van der Waals surface area contributed by atoms with E-state index in [1.807, 2.05) is 18.5 Å². The van der Waals surface area contributed by atoms with Crippen LogP contribution in [-0.4, -0.2) is 9.36 Å². The number of anilines is 1. The van der Waals surface area contributed by atoms with Gasteiger partial charge in [-0.25, -0.2) is 9.07 Å². The van der Waals surface area contributed by atoms with Crippen molar-refractivity contribution in [3.8, 4) is 5.69 Å². The Morgan fingerprint density at radius 3 is 2.33 bits per heavy atom. The van der Waals surface area contributed by atoms with Crippen LogP contribution in [0, 0.1) is 5.82 Å². The predicted molar refractivity (Wildman–Crippen MR) is 69.5 cm³/mol. The number of nitrogen functional groups attached to an aromatic ring is 1. The van der Waals surface area contributed by atoms with Gasteiger partial charge in [0.25, 0.3) is 5.56 Å². The molecule has 0 saturated heterocycles. The maximum Gasteiger partial charge on any atom is 0.294 e. The third-order valence-corrected chi connectivity index (χ3v) is 2.99. The molecule has 0 radical (unpaired) electrons. The third kappa shape index (κ3) is 1.81. The van der Waals surface area contributed by atoms with Gasteiger partial charge in [-0.2, -0.15) is 0 Å². The lowest BCUT2D eigenvalue weighted by molar-refractivity contribution is 0.549. The first kappa shape index (κ1) is 12.4. The Morgan fingerprint density at radius 2 is 1.83 bits per heavy atom. The summed E-state index contributed by atoms with van der Waals surface area (Å²) < 4.78 is 16.2. The number of nitrogens with zero attached hydrogens (tertiary/aromatic N) is 2. The second-order valence-corrected chi connectivity index (χ2v) is 4.02. The molecule has 2 aromatic rings. The molecule has 2 rings (SSSR count). The van der Waals surface area contributed by atoms with Crippen LogP contribution in [0.3, 0.4) is 0 Å². The van der Waals surface area contributed by atoms with E-state index in [9.17, 15) is 9.18 Å². The van der Waals surface area contributed by atoms with Crippen molar-refractivity contribution in [2.24, 2.45) is 0 Å². The summed E-state index contributed by atoms with van der Waals surface area (Å²) in [5.74, 6) is -0.329. The minimum absolute atomic E-state index is 0.250. The van der Waals surface area contributed by atoms with E-state index in [-0.39, 0.29) is 17.1 Å². The molecule has 1 aromatic heterocycles. The zero-order valence-electron chi connectivity index (χ0n) is 10.5. The summed E-state index contributed by atoms with van der Waals surface area (Å²) in [6.07, 6.45) is 0.684. The van der Waals surface area contributed by atoms with Crippen molar-refractivity contribution in [2.45, 2.75) is 26.8 Å². The van der Waals surface area contributed by atoms with Gasteiger partial charge in [-0.05, 0) is 37.6 Å². The summed E-state index contributed by atoms with van der Waals surface area (Å²) in [5.41, 5.74) is 7.28. The predicted octanol–water partition coefficient (Wildman–Crippen LogP) is 1.94. The highest BCUT2D eigenvalue weighted by atomic mass is 19.1. The molecule has 0 aliphatic heterocycles. The van der Waals surface area contributed by atoms with E-state index in [0.717, 1.165) is 5.69 Å². The fourth-order valence-electron chi connectivity index (χ4n) is 2.15. The molecule has 0 aliphatic carbocycles. The standard InChI is InChI=1S/C13H16FN3O/c1-3-11-12(15)13(18)17(16(11)4-2)10-7-5-9(14)6-8-10/h5-8H,3-4,15H2,1-2H3. The first-order chi connectivity index (χ1) is 8.60. The Labute approximate surface area is 104 Å². The van der Waals surface area contributed by atoms with Crippen molar-refractivity contribution < 1.29 is 4.39 Å². The van der Waals surface area contributed by atoms with Gasteiger partial charge in [-0.3, -0.25) is 9.48 Å². The zero-order chi connectivity index (χ0) is 13.3. The molecule has 0 bridgehead atoms. The van der Waals surface area contributed by atoms with Crippen LogP contribution in [0.2, 0.25) is 0 Å². The van der Waals surface area contributed by atoms with E-state index in [4.69, 9.17) is 5.73 Å². The minimum atomic E-state index is -0.329. The molecule has 0 atom stereocenters. The molecule has 0 aliphatic rings. The summed E-state index contributed by atoms with van der Waals surface area (Å²) in [4.78, 5) is 12.1. The van der Waals surface area contributed by atoms with Crippen molar-refractivity contribution in [1.29, 1.82) is 0 Å². The van der Waals surface area contributed by atoms with Gasteiger partial charge in [0.2, 0.25) is 0 Å². The third-order valence-electron chi connectivity index (χ3n) is 2.99. The smallest absolute Gasteiger partial charge is 0.294 e. The SMILES string of the molecule is CCc1c(N)c(=O)n(-c2ccc(F)cc2)n1CC. The summed E-state index contributed by atoms with van der Waals surface area (Å²) in [6.45, 7) is 4.53. The molecule has 0 fully saturated rings. The van der Waals surface area contributed by atoms with E-state index in [0.29, 0.717) is 18.7 Å². The molecular formula is C13H16FN3O. The van der Waals surface area contributed by atoms with Crippen LogP contribution in [0.25, 0.3) is 5.69 Å². The fraction of sp³-hybridized carbons (Fsp3) is 0.308. The first-order valence-corrected chi connectivity index (χ1v) is 5.96. The highest BCUT2D eigenvalue weighted by molar-refractivity contribution is 5.45. The molecule has 0 unspecified atom stereocenters. The maximum atomic E-state index is 12.9. The molecule has 0 amide bonds. The van der Waals surface area contributed by atoms with Crippen LogP contribution in [0.1, 0.15) is 19.5 Å². The quantitative estimate of drug-likeness (QED) is 0.903. The normalized spacial score (nSPS) is 10.8. The van der Waals surface area contributed by atoms with E-state index in [2.05, 4.69) is 0 Å². The van der Waals surface area contributed by atoms with Crippen molar-refractivity contribution in [2.75, 3.05) is 5.73 Å². The van der Waals surface area contributed by atoms with Crippen molar-refractivity contribution in [3.63, 3.8) is 0 Å². The van der Waals surface area contributed by atoms with Gasteiger partial charge in [-0.1, -0.05) is 6.92 Å². The number of aromatic nitrogens is 2. The Balaban J connectivity index is 2.71. The molecule has 1 aromatic carbocycles. The molecule has 4 nitrogen and oxygen atoms in total. The summed E-state index contributed by atoms with van der Waals surface area (Å²) in [5, 5.41) is 0. The highest BCUT2D eigenvalue weighted by Gasteiger charge is 2.16. The Morgan fingerprint density at radius 1 is 1.22 bits per heavy atom. The number of halogens is 1. The maximum absolute atomic E-state index is 12.9. The highest BCUT2D eigenvalue weighted by Crippen LogP contribution is 2.14. The molecule has 18 heavy (non-hydrogen) atoms. The fourth-order valence-corrected chi connectivity index (χ4v) is 2.15. The topological polar surface area (TPSA) is 53.0 Å². The van der Waals surface area contributed by atoms with Crippen LogP contribution >= 0.6 is 0 Å². The van der Waals surface area contributed by atoms with Gasteiger partial charge in [0, 0.05) is 6.54 Å². The summed E-state index contributed by atoms with van der Waals surface area (Å²) in [6, 6.07) is 5.80. The lowest BCUT2D eigenvalue weighted by Crippen LogP contribution is -2.22. The molecule has 0 saturated carbocycles. The van der Waals surface area contributed by atoms with E-state index >= 15 is 0 Å². The van der Waals surface area contributed by atoms with Gasteiger partial charge < -0.3 is 5.73 Å². The van der Waals surface area contributed by atoms with Gasteiger partial charge in [-0.15, -0.1) is 0 Å². The van der Waals surface area contributed by atoms with Gasteiger partial charge in [0.05, 0.1) is 11.4 Å². The van der Waals surface area contributed by atoms with Crippen LogP contribution in [-0.2, 0) is 13.0 Å². The van der Waals surface area contributed by atoms with Crippen LogP contribution in [0.5, 0.6) is 0 Å². The van der Waals surface area contributed by atoms with Gasteiger partial charge >= 0.3 is 0 Å². The summed E-state index contributed by atoms with van der Waals surface area (Å²) >= 11 is 0. The lowest BCUT2D eigenvalue weighted by atomic mass is 10.3. The second kappa shape index (κ2) is 4.68. The number of rotatable bonds is 3. The monoisotopic (exact) mass is 249 g/mol. The number of hydrogen-bond acceptors (Lipinski definition) is 2. The van der Waals surface area contributed by atoms with Crippen molar-refractivity contribution >= 4 is 5.69 Å². The summed E-state index contributed by atoms with van der Waals surface area (Å²) in [7, 11) is 0. The van der Waals surface area contributed by atoms with Crippen LogP contribution < -0.4 is 11.3 Å². The first-order valence-electron chi connectivity index (χ1n) is 5.96. The van der Waals surface area contributed by atoms with E-state index < -0.39 is 0 Å². The second-order valence-electron chi connectivity index (χ2n) is 4.02.